The van der Waals surface area contributed by atoms with Crippen LogP contribution in [0.1, 0.15) is 52.9 Å². The molecule has 0 radical (unpaired) electrons. The number of aliphatic hydroxyl groups is 1. The molecule has 11 heavy (non-hydrogen) atoms. The summed E-state index contributed by atoms with van der Waals surface area (Å²) in [6.07, 6.45) is 7.44. The van der Waals surface area contributed by atoms with Crippen molar-refractivity contribution in [3.05, 3.63) is 0 Å². The third-order valence-corrected chi connectivity index (χ3v) is 1.89. The van der Waals surface area contributed by atoms with Gasteiger partial charge in [-0.15, -0.1) is 0 Å². The first-order valence-electron chi connectivity index (χ1n) is 4.84. The van der Waals surface area contributed by atoms with Gasteiger partial charge in [0.1, 0.15) is 0 Å². The minimum absolute atomic E-state index is 1.00. The van der Waals surface area contributed by atoms with Gasteiger partial charge in [-0.25, -0.2) is 0 Å². The summed E-state index contributed by atoms with van der Waals surface area (Å²) in [4.78, 5) is 0. The Bertz CT molecular complexity index is 46.8. The van der Waals surface area contributed by atoms with Crippen molar-refractivity contribution in [1.82, 2.24) is 0 Å². The second-order valence-corrected chi connectivity index (χ2v) is 2.74. The Kier molecular flexibility index (Phi) is 15.5. The van der Waals surface area contributed by atoms with Crippen LogP contribution in [-0.2, 0) is 0 Å². The maximum absolute atomic E-state index is 7.00. The van der Waals surface area contributed by atoms with E-state index in [1.165, 1.54) is 32.1 Å². The molecule has 0 aromatic heterocycles. The highest BCUT2D eigenvalue weighted by molar-refractivity contribution is 4.59. The molecule has 1 aliphatic rings. The molecule has 1 nitrogen and oxygen atoms in total. The van der Waals surface area contributed by atoms with Crippen LogP contribution >= 0.6 is 0 Å². The minimum atomic E-state index is 1.00. The molecule has 1 aliphatic carbocycles. The number of rotatable bonds is 0. The van der Waals surface area contributed by atoms with Crippen LogP contribution in [0.2, 0.25) is 0 Å². The SMILES string of the molecule is CC.CC1CCCCC1.CO. The van der Waals surface area contributed by atoms with Crippen LogP contribution in [0.4, 0.5) is 0 Å². The van der Waals surface area contributed by atoms with Gasteiger partial charge >= 0.3 is 0 Å². The summed E-state index contributed by atoms with van der Waals surface area (Å²) in [6, 6.07) is 0. The first-order valence-corrected chi connectivity index (χ1v) is 4.84. The molecule has 0 saturated heterocycles. The first-order chi connectivity index (χ1) is 5.39. The first kappa shape index (κ1) is 13.5. The van der Waals surface area contributed by atoms with E-state index < -0.39 is 0 Å². The number of aliphatic hydroxyl groups excluding tert-OH is 1. The fourth-order valence-corrected chi connectivity index (χ4v) is 1.31. The molecule has 1 heteroatoms. The third kappa shape index (κ3) is 9.96. The highest BCUT2D eigenvalue weighted by Crippen LogP contribution is 2.21. The predicted octanol–water partition coefficient (Wildman–Crippen LogP) is 3.22. The van der Waals surface area contributed by atoms with Gasteiger partial charge in [-0.2, -0.15) is 0 Å². The average Bonchev–Trinajstić information content (AvgIpc) is 2.13. The standard InChI is InChI=1S/C7H14.C2H6.CH4O/c1-7-5-3-2-4-6-7;2*1-2/h7H,2-6H2,1H3;1-2H3;2H,1H3. The zero-order chi connectivity index (χ0) is 9.11. The van der Waals surface area contributed by atoms with Crippen molar-refractivity contribution in [2.45, 2.75) is 52.9 Å². The Hall–Kier alpha value is -0.0400. The van der Waals surface area contributed by atoms with E-state index in [1.54, 1.807) is 0 Å². The highest BCUT2D eigenvalue weighted by Gasteiger charge is 2.05. The molecule has 1 N–H and O–H groups in total. The van der Waals surface area contributed by atoms with Gasteiger partial charge in [0.25, 0.3) is 0 Å². The smallest absolute Gasteiger partial charge is 0.0319 e. The van der Waals surface area contributed by atoms with E-state index in [9.17, 15) is 0 Å². The van der Waals surface area contributed by atoms with Crippen LogP contribution in [-0.4, -0.2) is 12.2 Å². The molecule has 1 saturated carbocycles. The van der Waals surface area contributed by atoms with Crippen LogP contribution in [0.25, 0.3) is 0 Å². The maximum atomic E-state index is 7.00. The van der Waals surface area contributed by atoms with Gasteiger partial charge in [0, 0.05) is 7.11 Å². The quantitative estimate of drug-likeness (QED) is 0.577. The van der Waals surface area contributed by atoms with Crippen molar-refractivity contribution in [1.29, 1.82) is 0 Å². The second kappa shape index (κ2) is 12.6. The van der Waals surface area contributed by atoms with Crippen LogP contribution in [0.3, 0.4) is 0 Å². The van der Waals surface area contributed by atoms with E-state index in [2.05, 4.69) is 6.92 Å². The maximum Gasteiger partial charge on any atom is 0.0319 e. The predicted molar refractivity (Wildman–Crippen MR) is 51.7 cm³/mol. The molecule has 0 heterocycles. The Morgan fingerprint density at radius 2 is 1.27 bits per heavy atom. The van der Waals surface area contributed by atoms with E-state index in [-0.39, 0.29) is 0 Å². The Balaban J connectivity index is 0. The van der Waals surface area contributed by atoms with Crippen molar-refractivity contribution in [3.8, 4) is 0 Å². The van der Waals surface area contributed by atoms with Gasteiger partial charge in [0.2, 0.25) is 0 Å². The van der Waals surface area contributed by atoms with Crippen molar-refractivity contribution in [2.24, 2.45) is 5.92 Å². The minimum Gasteiger partial charge on any atom is -0.400 e. The van der Waals surface area contributed by atoms with Crippen molar-refractivity contribution >= 4 is 0 Å². The van der Waals surface area contributed by atoms with Crippen molar-refractivity contribution in [3.63, 3.8) is 0 Å². The van der Waals surface area contributed by atoms with Crippen molar-refractivity contribution in [2.75, 3.05) is 7.11 Å². The Labute approximate surface area is 71.8 Å². The lowest BCUT2D eigenvalue weighted by molar-refractivity contribution is 0.385. The normalized spacial score (nSPS) is 17.2. The van der Waals surface area contributed by atoms with Crippen LogP contribution in [0.5, 0.6) is 0 Å². The van der Waals surface area contributed by atoms with Gasteiger partial charge in [0.05, 0.1) is 0 Å². The molecular weight excluding hydrogens is 136 g/mol. The summed E-state index contributed by atoms with van der Waals surface area (Å²) in [7, 11) is 1.00. The molecule has 0 aromatic rings. The van der Waals surface area contributed by atoms with E-state index in [0.29, 0.717) is 0 Å². The lowest BCUT2D eigenvalue weighted by Crippen LogP contribution is -1.99. The van der Waals surface area contributed by atoms with Gasteiger partial charge in [-0.3, -0.25) is 0 Å². The molecule has 70 valence electrons. The van der Waals surface area contributed by atoms with Gasteiger partial charge in [-0.05, 0) is 5.92 Å². The second-order valence-electron chi connectivity index (χ2n) is 2.74. The summed E-state index contributed by atoms with van der Waals surface area (Å²) in [5.41, 5.74) is 0. The zero-order valence-corrected chi connectivity index (χ0v) is 8.56. The van der Waals surface area contributed by atoms with Crippen LogP contribution in [0.15, 0.2) is 0 Å². The molecule has 0 spiro atoms. The summed E-state index contributed by atoms with van der Waals surface area (Å²) >= 11 is 0. The Morgan fingerprint density at radius 3 is 1.45 bits per heavy atom. The molecule has 0 unspecified atom stereocenters. The zero-order valence-electron chi connectivity index (χ0n) is 8.56. The molecule has 1 rings (SSSR count). The largest absolute Gasteiger partial charge is 0.400 e. The van der Waals surface area contributed by atoms with Gasteiger partial charge < -0.3 is 5.11 Å². The van der Waals surface area contributed by atoms with Gasteiger partial charge in [-0.1, -0.05) is 52.9 Å². The van der Waals surface area contributed by atoms with Gasteiger partial charge in [0.15, 0.2) is 0 Å². The van der Waals surface area contributed by atoms with E-state index in [1.807, 2.05) is 13.8 Å². The molecule has 0 amide bonds. The number of hydrogen-bond donors (Lipinski definition) is 1. The molecular formula is C10H24O. The van der Waals surface area contributed by atoms with Crippen LogP contribution < -0.4 is 0 Å². The van der Waals surface area contributed by atoms with E-state index >= 15 is 0 Å². The average molecular weight is 160 g/mol. The molecule has 0 aromatic carbocycles. The van der Waals surface area contributed by atoms with Crippen molar-refractivity contribution < 1.29 is 5.11 Å². The molecule has 0 bridgehead atoms. The number of hydrogen-bond acceptors (Lipinski definition) is 1. The summed E-state index contributed by atoms with van der Waals surface area (Å²) in [6.45, 7) is 6.36. The topological polar surface area (TPSA) is 20.2 Å². The van der Waals surface area contributed by atoms with Crippen LogP contribution in [0, 0.1) is 5.92 Å². The highest BCUT2D eigenvalue weighted by atomic mass is 16.2. The molecule has 1 fully saturated rings. The fraction of sp³-hybridized carbons (Fsp3) is 1.00. The fourth-order valence-electron chi connectivity index (χ4n) is 1.31. The van der Waals surface area contributed by atoms with E-state index in [4.69, 9.17) is 5.11 Å². The summed E-state index contributed by atoms with van der Waals surface area (Å²) in [5, 5.41) is 7.00. The monoisotopic (exact) mass is 160 g/mol. The summed E-state index contributed by atoms with van der Waals surface area (Å²) < 4.78 is 0. The molecule has 0 aliphatic heterocycles. The molecule has 0 atom stereocenters. The van der Waals surface area contributed by atoms with E-state index in [0.717, 1.165) is 13.0 Å². The lowest BCUT2D eigenvalue weighted by atomic mass is 9.91. The Morgan fingerprint density at radius 1 is 0.909 bits per heavy atom. The lowest BCUT2D eigenvalue weighted by Gasteiger charge is -2.15. The summed E-state index contributed by atoms with van der Waals surface area (Å²) in [5.74, 6) is 1.04. The third-order valence-electron chi connectivity index (χ3n) is 1.89.